The molecule has 0 fully saturated rings. The van der Waals surface area contributed by atoms with Gasteiger partial charge < -0.3 is 15.4 Å². The second kappa shape index (κ2) is 8.12. The first-order valence-electron chi connectivity index (χ1n) is 7.58. The van der Waals surface area contributed by atoms with Gasteiger partial charge in [0, 0.05) is 19.7 Å². The molecule has 0 saturated carbocycles. The zero-order chi connectivity index (χ0) is 16.7. The molecule has 1 atom stereocenters. The van der Waals surface area contributed by atoms with Crippen LogP contribution in [-0.4, -0.2) is 36.8 Å². The van der Waals surface area contributed by atoms with Crippen LogP contribution in [0.15, 0.2) is 36.4 Å². The predicted molar refractivity (Wildman–Crippen MR) is 89.9 cm³/mol. The first-order valence-corrected chi connectivity index (χ1v) is 7.58. The Bertz CT molecular complexity index is 646. The molecule has 0 spiro atoms. The lowest BCUT2D eigenvalue weighted by Crippen LogP contribution is -2.26. The molecule has 1 amide bonds. The van der Waals surface area contributed by atoms with Crippen LogP contribution in [0, 0.1) is 0 Å². The summed E-state index contributed by atoms with van der Waals surface area (Å²) in [7, 11) is 3.19. The van der Waals surface area contributed by atoms with Crippen molar-refractivity contribution in [2.24, 2.45) is 0 Å². The minimum Gasteiger partial charge on any atom is -0.479 e. The van der Waals surface area contributed by atoms with Crippen molar-refractivity contribution >= 4 is 11.7 Å². The summed E-state index contributed by atoms with van der Waals surface area (Å²) in [4.78, 5) is 12.3. The van der Waals surface area contributed by atoms with Crippen LogP contribution in [0.4, 0.5) is 5.82 Å². The maximum absolute atomic E-state index is 12.3. The molecule has 0 aliphatic carbocycles. The van der Waals surface area contributed by atoms with E-state index in [-0.39, 0.29) is 11.8 Å². The Hall–Kier alpha value is -2.63. The number of carbonyl (C=O) groups excluding carboxylic acids is 1. The smallest absolute Gasteiger partial charge is 0.256 e. The minimum atomic E-state index is -0.214. The van der Waals surface area contributed by atoms with Gasteiger partial charge >= 0.3 is 0 Å². The third-order valence-corrected chi connectivity index (χ3v) is 3.69. The number of anilines is 1. The molecule has 1 heterocycles. The molecule has 23 heavy (non-hydrogen) atoms. The summed E-state index contributed by atoms with van der Waals surface area (Å²) in [6, 6.07) is 11.9. The summed E-state index contributed by atoms with van der Waals surface area (Å²) in [5.74, 6) is 0.904. The molecule has 1 aromatic carbocycles. The van der Waals surface area contributed by atoms with Gasteiger partial charge in [0.1, 0.15) is 11.4 Å². The average Bonchev–Trinajstić information content (AvgIpc) is 2.61. The Labute approximate surface area is 136 Å². The van der Waals surface area contributed by atoms with Gasteiger partial charge in [0.2, 0.25) is 5.88 Å². The van der Waals surface area contributed by atoms with Crippen LogP contribution in [0.25, 0.3) is 0 Å². The van der Waals surface area contributed by atoms with Crippen LogP contribution in [0.1, 0.15) is 35.2 Å². The third-order valence-electron chi connectivity index (χ3n) is 3.69. The summed E-state index contributed by atoms with van der Waals surface area (Å²) in [6.45, 7) is 2.73. The van der Waals surface area contributed by atoms with E-state index in [1.807, 2.05) is 18.2 Å². The molecule has 2 N–H and O–H groups in total. The summed E-state index contributed by atoms with van der Waals surface area (Å²) < 4.78 is 5.10. The standard InChI is InChI=1S/C17H22N4O2/c1-12(13-7-5-4-6-8-13)9-10-19-16(22)14-11-15(18-2)20-21-17(14)23-3/h4-8,11-12H,9-10H2,1-3H3,(H,18,20)(H,19,22). The van der Waals surface area contributed by atoms with Crippen molar-refractivity contribution in [3.05, 3.63) is 47.5 Å². The fraction of sp³-hybridized carbons (Fsp3) is 0.353. The van der Waals surface area contributed by atoms with Gasteiger partial charge in [0.05, 0.1) is 7.11 Å². The first-order chi connectivity index (χ1) is 11.2. The summed E-state index contributed by atoms with van der Waals surface area (Å²) >= 11 is 0. The summed E-state index contributed by atoms with van der Waals surface area (Å²) in [5.41, 5.74) is 1.64. The van der Waals surface area contributed by atoms with Crippen LogP contribution in [0.2, 0.25) is 0 Å². The molecule has 0 bridgehead atoms. The highest BCUT2D eigenvalue weighted by atomic mass is 16.5. The number of benzene rings is 1. The minimum absolute atomic E-state index is 0.214. The van der Waals surface area contributed by atoms with Crippen molar-refractivity contribution in [3.63, 3.8) is 0 Å². The monoisotopic (exact) mass is 314 g/mol. The number of hydrogen-bond donors (Lipinski definition) is 2. The molecule has 1 unspecified atom stereocenters. The highest BCUT2D eigenvalue weighted by molar-refractivity contribution is 5.96. The zero-order valence-corrected chi connectivity index (χ0v) is 13.7. The molecule has 0 saturated heterocycles. The van der Waals surface area contributed by atoms with Gasteiger partial charge in [0.15, 0.2) is 0 Å². The Morgan fingerprint density at radius 1 is 1.26 bits per heavy atom. The zero-order valence-electron chi connectivity index (χ0n) is 13.7. The fourth-order valence-electron chi connectivity index (χ4n) is 2.26. The van der Waals surface area contributed by atoms with Gasteiger partial charge in [-0.3, -0.25) is 4.79 Å². The van der Waals surface area contributed by atoms with E-state index in [1.165, 1.54) is 12.7 Å². The molecular formula is C17H22N4O2. The van der Waals surface area contributed by atoms with Crippen molar-refractivity contribution < 1.29 is 9.53 Å². The van der Waals surface area contributed by atoms with E-state index in [2.05, 4.69) is 39.9 Å². The normalized spacial score (nSPS) is 11.6. The number of aromatic nitrogens is 2. The summed E-state index contributed by atoms with van der Waals surface area (Å²) in [6.07, 6.45) is 0.857. The van der Waals surface area contributed by atoms with Gasteiger partial charge in [-0.25, -0.2) is 0 Å². The molecule has 1 aromatic heterocycles. The number of methoxy groups -OCH3 is 1. The van der Waals surface area contributed by atoms with Gasteiger partial charge in [-0.2, -0.15) is 0 Å². The molecule has 0 radical (unpaired) electrons. The molecule has 6 heteroatoms. The highest BCUT2D eigenvalue weighted by Crippen LogP contribution is 2.19. The van der Waals surface area contributed by atoms with Crippen LogP contribution in [0.3, 0.4) is 0 Å². The fourth-order valence-corrected chi connectivity index (χ4v) is 2.26. The maximum Gasteiger partial charge on any atom is 0.256 e. The van der Waals surface area contributed by atoms with E-state index < -0.39 is 0 Å². The Balaban J connectivity index is 1.94. The van der Waals surface area contributed by atoms with Crippen molar-refractivity contribution in [2.75, 3.05) is 26.0 Å². The van der Waals surface area contributed by atoms with Crippen LogP contribution in [0.5, 0.6) is 5.88 Å². The lowest BCUT2D eigenvalue weighted by Gasteiger charge is -2.13. The van der Waals surface area contributed by atoms with Crippen molar-refractivity contribution in [2.45, 2.75) is 19.3 Å². The average molecular weight is 314 g/mol. The number of nitrogens with zero attached hydrogens (tertiary/aromatic N) is 2. The lowest BCUT2D eigenvalue weighted by atomic mass is 9.98. The molecule has 0 aliphatic rings. The van der Waals surface area contributed by atoms with E-state index in [1.54, 1.807) is 13.1 Å². The predicted octanol–water partition coefficient (Wildman–Crippen LogP) is 2.45. The topological polar surface area (TPSA) is 76.1 Å². The highest BCUT2D eigenvalue weighted by Gasteiger charge is 2.15. The van der Waals surface area contributed by atoms with Crippen molar-refractivity contribution in [1.29, 1.82) is 0 Å². The molecule has 122 valence electrons. The lowest BCUT2D eigenvalue weighted by molar-refractivity contribution is 0.0948. The molecule has 0 aliphatic heterocycles. The Morgan fingerprint density at radius 3 is 2.65 bits per heavy atom. The number of rotatable bonds is 7. The van der Waals surface area contributed by atoms with Crippen molar-refractivity contribution in [3.8, 4) is 5.88 Å². The second-order valence-electron chi connectivity index (χ2n) is 5.26. The second-order valence-corrected chi connectivity index (χ2v) is 5.26. The molecule has 6 nitrogen and oxygen atoms in total. The molecular weight excluding hydrogens is 292 g/mol. The number of amides is 1. The molecule has 2 aromatic rings. The Kier molecular flexibility index (Phi) is 5.91. The number of ether oxygens (including phenoxy) is 1. The van der Waals surface area contributed by atoms with E-state index in [0.29, 0.717) is 23.8 Å². The van der Waals surface area contributed by atoms with E-state index in [9.17, 15) is 4.79 Å². The van der Waals surface area contributed by atoms with E-state index in [4.69, 9.17) is 4.74 Å². The van der Waals surface area contributed by atoms with Gasteiger partial charge in [0.25, 0.3) is 5.91 Å². The molecule has 2 rings (SSSR count). The van der Waals surface area contributed by atoms with Gasteiger partial charge in [-0.1, -0.05) is 37.3 Å². The summed E-state index contributed by atoms with van der Waals surface area (Å²) in [5, 5.41) is 13.5. The van der Waals surface area contributed by atoms with E-state index >= 15 is 0 Å². The third kappa shape index (κ3) is 4.42. The van der Waals surface area contributed by atoms with Gasteiger partial charge in [-0.15, -0.1) is 10.2 Å². The number of nitrogens with one attached hydrogen (secondary N) is 2. The quantitative estimate of drug-likeness (QED) is 0.821. The van der Waals surface area contributed by atoms with Crippen LogP contribution >= 0.6 is 0 Å². The number of hydrogen-bond acceptors (Lipinski definition) is 5. The number of carbonyl (C=O) groups is 1. The van der Waals surface area contributed by atoms with Gasteiger partial charge in [-0.05, 0) is 17.9 Å². The van der Waals surface area contributed by atoms with Crippen LogP contribution < -0.4 is 15.4 Å². The maximum atomic E-state index is 12.3. The van der Waals surface area contributed by atoms with Crippen molar-refractivity contribution in [1.82, 2.24) is 15.5 Å². The van der Waals surface area contributed by atoms with E-state index in [0.717, 1.165) is 6.42 Å². The Morgan fingerprint density at radius 2 is 2.00 bits per heavy atom. The van der Waals surface area contributed by atoms with Crippen LogP contribution in [-0.2, 0) is 0 Å². The SMILES string of the molecule is CNc1cc(C(=O)NCCC(C)c2ccccc2)c(OC)nn1. The first kappa shape index (κ1) is 16.7. The largest absolute Gasteiger partial charge is 0.479 e.